The van der Waals surface area contributed by atoms with Crippen LogP contribution >= 0.6 is 11.3 Å². The molecule has 1 amide bonds. The quantitative estimate of drug-likeness (QED) is 0.727. The van der Waals surface area contributed by atoms with Crippen molar-refractivity contribution in [2.45, 2.75) is 73.5 Å². The van der Waals surface area contributed by atoms with E-state index < -0.39 is 17.2 Å². The van der Waals surface area contributed by atoms with Gasteiger partial charge in [-0.1, -0.05) is 27.7 Å². The van der Waals surface area contributed by atoms with Crippen LogP contribution in [0.4, 0.5) is 5.00 Å². The van der Waals surface area contributed by atoms with Crippen LogP contribution in [0.25, 0.3) is 0 Å². The lowest BCUT2D eigenvalue weighted by Crippen LogP contribution is -2.25. The summed E-state index contributed by atoms with van der Waals surface area (Å²) in [6.45, 7) is 18.4. The highest BCUT2D eigenvalue weighted by molar-refractivity contribution is 7.17. The van der Waals surface area contributed by atoms with Crippen LogP contribution in [-0.2, 0) is 25.5 Å². The summed E-state index contributed by atoms with van der Waals surface area (Å²) < 4.78 is 11.5. The number of nitrogens with one attached hydrogen (secondary N) is 1. The normalized spacial score (nSPS) is 23.6. The number of hydrogen-bond acceptors (Lipinski definition) is 5. The monoisotopic (exact) mass is 393 g/mol. The average molecular weight is 394 g/mol. The molecule has 0 radical (unpaired) electrons. The number of fused-ring (bicyclic) bond motifs is 1. The predicted molar refractivity (Wildman–Crippen MR) is 107 cm³/mol. The lowest BCUT2D eigenvalue weighted by molar-refractivity contribution is -0.118. The van der Waals surface area contributed by atoms with E-state index in [9.17, 15) is 9.59 Å². The SMILES string of the molecule is CCOC(=O)c1c(NC(=O)C2C(C)(C)C2(C)C)sc2c1C(C)(C)OC2(C)C. The van der Waals surface area contributed by atoms with Gasteiger partial charge >= 0.3 is 5.97 Å². The van der Waals surface area contributed by atoms with Crippen LogP contribution in [-0.4, -0.2) is 18.5 Å². The summed E-state index contributed by atoms with van der Waals surface area (Å²) in [4.78, 5) is 26.8. The third-order valence-electron chi connectivity index (χ3n) is 6.57. The lowest BCUT2D eigenvalue weighted by Gasteiger charge is -2.26. The molecule has 1 aliphatic carbocycles. The number of ether oxygens (including phenoxy) is 2. The standard InChI is InChI=1S/C21H31NO4S/c1-10-25-17(24)11-12-14(21(8,9)26-20(12,6)7)27-16(11)22-15(23)13-18(2,3)19(13,4)5/h13H,10H2,1-9H3,(H,22,23). The first-order valence-electron chi connectivity index (χ1n) is 9.54. The number of rotatable bonds is 4. The van der Waals surface area contributed by atoms with Crippen LogP contribution in [0, 0.1) is 16.7 Å². The van der Waals surface area contributed by atoms with Gasteiger partial charge in [-0.05, 0) is 45.4 Å². The van der Waals surface area contributed by atoms with Crippen molar-refractivity contribution in [3.63, 3.8) is 0 Å². The minimum Gasteiger partial charge on any atom is -0.462 e. The van der Waals surface area contributed by atoms with Gasteiger partial charge in [0.25, 0.3) is 0 Å². The van der Waals surface area contributed by atoms with E-state index in [2.05, 4.69) is 33.0 Å². The highest BCUT2D eigenvalue weighted by Gasteiger charge is 2.68. The number of amides is 1. The van der Waals surface area contributed by atoms with Crippen molar-refractivity contribution < 1.29 is 19.1 Å². The molecule has 2 heterocycles. The van der Waals surface area contributed by atoms with Crippen LogP contribution in [0.15, 0.2) is 0 Å². The molecule has 0 saturated heterocycles. The summed E-state index contributed by atoms with van der Waals surface area (Å²) in [6.07, 6.45) is 0. The number of esters is 1. The molecule has 1 N–H and O–H groups in total. The van der Waals surface area contributed by atoms with E-state index >= 15 is 0 Å². The van der Waals surface area contributed by atoms with Crippen molar-refractivity contribution in [2.24, 2.45) is 16.7 Å². The fraction of sp³-hybridized carbons (Fsp3) is 0.714. The molecule has 1 fully saturated rings. The first kappa shape index (κ1) is 20.3. The van der Waals surface area contributed by atoms with Gasteiger partial charge in [0, 0.05) is 16.4 Å². The molecule has 2 aliphatic rings. The van der Waals surface area contributed by atoms with Gasteiger partial charge < -0.3 is 14.8 Å². The molecule has 1 aliphatic heterocycles. The largest absolute Gasteiger partial charge is 0.462 e. The summed E-state index contributed by atoms with van der Waals surface area (Å²) in [6, 6.07) is 0. The van der Waals surface area contributed by atoms with Gasteiger partial charge in [0.05, 0.1) is 17.8 Å². The van der Waals surface area contributed by atoms with Gasteiger partial charge in [0.15, 0.2) is 0 Å². The zero-order valence-electron chi connectivity index (χ0n) is 17.8. The summed E-state index contributed by atoms with van der Waals surface area (Å²) in [7, 11) is 0. The maximum Gasteiger partial charge on any atom is 0.341 e. The van der Waals surface area contributed by atoms with E-state index in [1.165, 1.54) is 11.3 Å². The summed E-state index contributed by atoms with van der Waals surface area (Å²) in [5, 5.41) is 3.63. The Morgan fingerprint density at radius 1 is 1.04 bits per heavy atom. The molecule has 0 bridgehead atoms. The molecule has 1 saturated carbocycles. The van der Waals surface area contributed by atoms with Gasteiger partial charge in [0.2, 0.25) is 5.91 Å². The second-order valence-electron chi connectivity index (χ2n) is 9.72. The maximum absolute atomic E-state index is 13.0. The van der Waals surface area contributed by atoms with Gasteiger partial charge in [-0.3, -0.25) is 4.79 Å². The highest BCUT2D eigenvalue weighted by atomic mass is 32.1. The van der Waals surface area contributed by atoms with E-state index in [4.69, 9.17) is 9.47 Å². The van der Waals surface area contributed by atoms with Crippen LogP contribution in [0.1, 0.15) is 83.1 Å². The highest BCUT2D eigenvalue weighted by Crippen LogP contribution is 2.68. The van der Waals surface area contributed by atoms with Gasteiger partial charge in [-0.25, -0.2) is 4.79 Å². The Kier molecular flexibility index (Phi) is 4.37. The molecular formula is C21H31NO4S. The van der Waals surface area contributed by atoms with Crippen molar-refractivity contribution in [3.05, 3.63) is 16.0 Å². The number of carbonyl (C=O) groups is 2. The molecule has 3 rings (SSSR count). The van der Waals surface area contributed by atoms with E-state index in [-0.39, 0.29) is 29.3 Å². The average Bonchev–Trinajstić information content (AvgIpc) is 2.76. The molecule has 0 atom stereocenters. The maximum atomic E-state index is 13.0. The Balaban J connectivity index is 2.04. The molecular weight excluding hydrogens is 362 g/mol. The van der Waals surface area contributed by atoms with Crippen molar-refractivity contribution in [2.75, 3.05) is 11.9 Å². The Labute approximate surface area is 165 Å². The van der Waals surface area contributed by atoms with Gasteiger partial charge in [-0.2, -0.15) is 0 Å². The topological polar surface area (TPSA) is 64.6 Å². The van der Waals surface area contributed by atoms with E-state index in [1.807, 2.05) is 27.7 Å². The Hall–Kier alpha value is -1.40. The summed E-state index contributed by atoms with van der Waals surface area (Å²) >= 11 is 1.43. The zero-order valence-corrected chi connectivity index (χ0v) is 18.6. The second-order valence-corrected chi connectivity index (χ2v) is 10.7. The molecule has 150 valence electrons. The number of hydrogen-bond donors (Lipinski definition) is 1. The molecule has 27 heavy (non-hydrogen) atoms. The molecule has 0 spiro atoms. The first-order valence-corrected chi connectivity index (χ1v) is 10.4. The smallest absolute Gasteiger partial charge is 0.341 e. The van der Waals surface area contributed by atoms with Gasteiger partial charge in [0.1, 0.15) is 10.6 Å². The predicted octanol–water partition coefficient (Wildman–Crippen LogP) is 5.05. The van der Waals surface area contributed by atoms with E-state index in [0.29, 0.717) is 10.6 Å². The molecule has 0 unspecified atom stereocenters. The first-order chi connectivity index (χ1) is 12.2. The summed E-state index contributed by atoms with van der Waals surface area (Å²) in [5.41, 5.74) is -0.00618. The fourth-order valence-electron chi connectivity index (χ4n) is 4.69. The van der Waals surface area contributed by atoms with E-state index in [0.717, 1.165) is 10.4 Å². The van der Waals surface area contributed by atoms with Crippen LogP contribution in [0.3, 0.4) is 0 Å². The lowest BCUT2D eigenvalue weighted by atomic mass is 9.94. The summed E-state index contributed by atoms with van der Waals surface area (Å²) in [5.74, 6) is -0.532. The van der Waals surface area contributed by atoms with Crippen molar-refractivity contribution in [1.82, 2.24) is 0 Å². The zero-order chi connectivity index (χ0) is 20.6. The second kappa shape index (κ2) is 5.80. The van der Waals surface area contributed by atoms with Crippen molar-refractivity contribution in [3.8, 4) is 0 Å². The number of thiophene rings is 1. The third kappa shape index (κ3) is 2.83. The molecule has 1 aromatic heterocycles. The minimum atomic E-state index is -0.626. The minimum absolute atomic E-state index is 0.0352. The Morgan fingerprint density at radius 3 is 2.07 bits per heavy atom. The van der Waals surface area contributed by atoms with Crippen LogP contribution in [0.2, 0.25) is 0 Å². The van der Waals surface area contributed by atoms with Gasteiger partial charge in [-0.15, -0.1) is 11.3 Å². The third-order valence-corrected chi connectivity index (χ3v) is 7.98. The Morgan fingerprint density at radius 2 is 1.59 bits per heavy atom. The molecule has 0 aromatic carbocycles. The fourth-order valence-corrected chi connectivity index (χ4v) is 6.07. The van der Waals surface area contributed by atoms with E-state index in [1.54, 1.807) is 6.92 Å². The van der Waals surface area contributed by atoms with Crippen molar-refractivity contribution >= 4 is 28.2 Å². The van der Waals surface area contributed by atoms with Crippen molar-refractivity contribution in [1.29, 1.82) is 0 Å². The van der Waals surface area contributed by atoms with Crippen LogP contribution in [0.5, 0.6) is 0 Å². The Bertz CT molecular complexity index is 802. The molecule has 5 nitrogen and oxygen atoms in total. The molecule has 6 heteroatoms. The number of anilines is 1. The molecule has 1 aromatic rings. The van der Waals surface area contributed by atoms with Crippen LogP contribution < -0.4 is 5.32 Å². The number of carbonyl (C=O) groups excluding carboxylic acids is 2.